The summed E-state index contributed by atoms with van der Waals surface area (Å²) in [7, 11) is 0. The number of aliphatic hydroxyl groups is 1. The fraction of sp³-hybridized carbons (Fsp3) is 0.765. The van der Waals surface area contributed by atoms with E-state index in [1.807, 2.05) is 6.92 Å². The average Bonchev–Trinajstić information content (AvgIpc) is 2.76. The molecule has 1 aromatic rings. The molecule has 25 heavy (non-hydrogen) atoms. The van der Waals surface area contributed by atoms with Gasteiger partial charge in [0.05, 0.1) is 12.2 Å². The molecule has 3 heterocycles. The summed E-state index contributed by atoms with van der Waals surface area (Å²) in [6, 6.07) is -0.194. The number of hydrogen-bond acceptors (Lipinski definition) is 4. The van der Waals surface area contributed by atoms with Crippen molar-refractivity contribution in [1.82, 2.24) is 14.7 Å². The summed E-state index contributed by atoms with van der Waals surface area (Å²) in [6.45, 7) is 7.51. The minimum atomic E-state index is -3.38. The molecule has 3 rings (SSSR count). The molecule has 1 unspecified atom stereocenters. The van der Waals surface area contributed by atoms with Gasteiger partial charge in [-0.05, 0) is 40.5 Å². The highest BCUT2D eigenvalue weighted by atomic mass is 19.3. The van der Waals surface area contributed by atoms with Crippen molar-refractivity contribution in [2.75, 3.05) is 0 Å². The third-order valence-electron chi connectivity index (χ3n) is 4.69. The molecule has 8 heteroatoms. The summed E-state index contributed by atoms with van der Waals surface area (Å²) in [5, 5.41) is 14.2. The van der Waals surface area contributed by atoms with Crippen molar-refractivity contribution in [1.29, 1.82) is 0 Å². The van der Waals surface area contributed by atoms with Gasteiger partial charge in [-0.25, -0.2) is 4.79 Å². The third-order valence-corrected chi connectivity index (χ3v) is 4.69. The van der Waals surface area contributed by atoms with Gasteiger partial charge in [0, 0.05) is 24.6 Å². The Morgan fingerprint density at radius 3 is 2.72 bits per heavy atom. The highest BCUT2D eigenvalue weighted by Gasteiger charge is 2.49. The van der Waals surface area contributed by atoms with Gasteiger partial charge in [0.2, 0.25) is 0 Å². The Labute approximate surface area is 145 Å². The summed E-state index contributed by atoms with van der Waals surface area (Å²) in [4.78, 5) is 13.9. The van der Waals surface area contributed by atoms with Crippen molar-refractivity contribution in [3.8, 4) is 0 Å². The number of rotatable bonds is 0. The minimum absolute atomic E-state index is 0.0169. The topological polar surface area (TPSA) is 67.6 Å². The molecular weight excluding hydrogens is 332 g/mol. The van der Waals surface area contributed by atoms with Gasteiger partial charge >= 0.3 is 12.0 Å². The molecule has 2 aliphatic rings. The van der Waals surface area contributed by atoms with Crippen LogP contribution in [-0.4, -0.2) is 43.6 Å². The number of alkyl halides is 2. The molecular formula is C17H25F2N3O3. The molecule has 1 amide bonds. The highest BCUT2D eigenvalue weighted by molar-refractivity contribution is 5.69. The van der Waals surface area contributed by atoms with Gasteiger partial charge in [-0.2, -0.15) is 13.9 Å². The second-order valence-corrected chi connectivity index (χ2v) is 7.94. The van der Waals surface area contributed by atoms with Crippen molar-refractivity contribution in [2.45, 2.75) is 83.7 Å². The monoisotopic (exact) mass is 357 g/mol. The molecule has 0 aromatic carbocycles. The molecule has 2 aliphatic heterocycles. The highest BCUT2D eigenvalue weighted by Crippen LogP contribution is 2.41. The molecule has 0 spiro atoms. The van der Waals surface area contributed by atoms with Crippen LogP contribution in [0.15, 0.2) is 0 Å². The first-order valence-electron chi connectivity index (χ1n) is 8.65. The number of nitrogens with zero attached hydrogens (tertiary/aromatic N) is 3. The Hall–Kier alpha value is -1.70. The van der Waals surface area contributed by atoms with E-state index in [1.165, 1.54) is 9.58 Å². The molecule has 0 aliphatic carbocycles. The minimum Gasteiger partial charge on any atom is -0.444 e. The summed E-state index contributed by atoms with van der Waals surface area (Å²) in [5.74, 6) is -3.38. The van der Waals surface area contributed by atoms with Gasteiger partial charge < -0.3 is 14.7 Å². The number of aliphatic hydroxyl groups excluding tert-OH is 1. The summed E-state index contributed by atoms with van der Waals surface area (Å²) in [6.07, 6.45) is -1.40. The number of fused-ring (bicyclic) bond motifs is 3. The average molecular weight is 357 g/mol. The van der Waals surface area contributed by atoms with Gasteiger partial charge in [0.1, 0.15) is 17.4 Å². The van der Waals surface area contributed by atoms with Crippen molar-refractivity contribution in [3.05, 3.63) is 17.0 Å². The molecule has 0 saturated heterocycles. The molecule has 140 valence electrons. The first-order chi connectivity index (χ1) is 11.5. The number of ether oxygens (including phenoxy) is 1. The number of carbonyl (C=O) groups is 1. The lowest BCUT2D eigenvalue weighted by atomic mass is 9.95. The smallest absolute Gasteiger partial charge is 0.410 e. The first-order valence-corrected chi connectivity index (χ1v) is 8.65. The summed E-state index contributed by atoms with van der Waals surface area (Å²) < 4.78 is 36.2. The van der Waals surface area contributed by atoms with E-state index in [-0.39, 0.29) is 24.7 Å². The fourth-order valence-corrected chi connectivity index (χ4v) is 3.47. The Morgan fingerprint density at radius 1 is 1.40 bits per heavy atom. The number of aryl methyl sites for hydroxylation is 1. The number of aromatic nitrogens is 2. The number of hydrogen-bond donors (Lipinski definition) is 1. The molecule has 6 nitrogen and oxygen atoms in total. The zero-order valence-corrected chi connectivity index (χ0v) is 15.1. The summed E-state index contributed by atoms with van der Waals surface area (Å²) in [5.41, 5.74) is 0.00611. The molecule has 0 saturated carbocycles. The maximum atomic E-state index is 14.7. The van der Waals surface area contributed by atoms with Crippen LogP contribution in [0.3, 0.4) is 0 Å². The second-order valence-electron chi connectivity index (χ2n) is 7.94. The van der Waals surface area contributed by atoms with Gasteiger partial charge in [-0.15, -0.1) is 0 Å². The standard InChI is InChI=1S/C17H25F2N3O3/c1-10-8-12-11(9-21(10)15(24)25-16(2,3)4)14-17(18,19)13(23)6-5-7-22(14)20-12/h10,13,23H,5-9H2,1-4H3/t10-,13?/m1/s1. The summed E-state index contributed by atoms with van der Waals surface area (Å²) >= 11 is 0. The molecule has 0 fully saturated rings. The van der Waals surface area contributed by atoms with Crippen LogP contribution in [-0.2, 0) is 30.2 Å². The number of carbonyl (C=O) groups excluding carboxylic acids is 1. The van der Waals surface area contributed by atoms with Crippen LogP contribution < -0.4 is 0 Å². The van der Waals surface area contributed by atoms with Crippen LogP contribution in [0, 0.1) is 0 Å². The van der Waals surface area contributed by atoms with Crippen LogP contribution >= 0.6 is 0 Å². The van der Waals surface area contributed by atoms with Gasteiger partial charge in [-0.1, -0.05) is 0 Å². The Kier molecular flexibility index (Phi) is 4.29. The zero-order chi connectivity index (χ0) is 18.6. The SMILES string of the molecule is C[C@@H]1Cc2nn3c(c2CN1C(=O)OC(C)(C)C)C(F)(F)C(O)CCC3. The van der Waals surface area contributed by atoms with Crippen molar-refractivity contribution in [3.63, 3.8) is 0 Å². The molecule has 0 radical (unpaired) electrons. The van der Waals surface area contributed by atoms with Gasteiger partial charge in [0.25, 0.3) is 0 Å². The molecule has 2 atom stereocenters. The predicted molar refractivity (Wildman–Crippen MR) is 86.3 cm³/mol. The predicted octanol–water partition coefficient (Wildman–Crippen LogP) is 2.81. The quantitative estimate of drug-likeness (QED) is 0.775. The Balaban J connectivity index is 1.97. The lowest BCUT2D eigenvalue weighted by Crippen LogP contribution is -2.45. The van der Waals surface area contributed by atoms with Gasteiger partial charge in [-0.3, -0.25) is 4.68 Å². The first kappa shape index (κ1) is 18.1. The Morgan fingerprint density at radius 2 is 2.08 bits per heavy atom. The van der Waals surface area contributed by atoms with Crippen LogP contribution in [0.25, 0.3) is 0 Å². The zero-order valence-electron chi connectivity index (χ0n) is 15.1. The van der Waals surface area contributed by atoms with E-state index in [2.05, 4.69) is 5.10 Å². The van der Waals surface area contributed by atoms with Crippen LogP contribution in [0.2, 0.25) is 0 Å². The van der Waals surface area contributed by atoms with E-state index >= 15 is 0 Å². The lowest BCUT2D eigenvalue weighted by Gasteiger charge is -2.35. The van der Waals surface area contributed by atoms with Gasteiger partial charge in [0.15, 0.2) is 0 Å². The van der Waals surface area contributed by atoms with E-state index in [4.69, 9.17) is 4.74 Å². The normalized spacial score (nSPS) is 25.8. The molecule has 1 aromatic heterocycles. The van der Waals surface area contributed by atoms with Crippen molar-refractivity contribution in [2.24, 2.45) is 0 Å². The van der Waals surface area contributed by atoms with Crippen LogP contribution in [0.5, 0.6) is 0 Å². The largest absolute Gasteiger partial charge is 0.444 e. The Bertz CT molecular complexity index is 681. The van der Waals surface area contributed by atoms with E-state index in [1.54, 1.807) is 20.8 Å². The van der Waals surface area contributed by atoms with E-state index in [0.29, 0.717) is 30.6 Å². The fourth-order valence-electron chi connectivity index (χ4n) is 3.47. The number of halogens is 2. The van der Waals surface area contributed by atoms with E-state index in [9.17, 15) is 18.7 Å². The molecule has 0 bridgehead atoms. The van der Waals surface area contributed by atoms with E-state index in [0.717, 1.165) is 0 Å². The third kappa shape index (κ3) is 3.23. The van der Waals surface area contributed by atoms with Crippen LogP contribution in [0.4, 0.5) is 13.6 Å². The second kappa shape index (κ2) is 5.93. The maximum Gasteiger partial charge on any atom is 0.410 e. The van der Waals surface area contributed by atoms with Crippen molar-refractivity contribution >= 4 is 6.09 Å². The van der Waals surface area contributed by atoms with Crippen LogP contribution in [0.1, 0.15) is 57.5 Å². The number of amides is 1. The van der Waals surface area contributed by atoms with Crippen molar-refractivity contribution < 1.29 is 23.4 Å². The lowest BCUT2D eigenvalue weighted by molar-refractivity contribution is -0.119. The molecule has 1 N–H and O–H groups in total. The maximum absolute atomic E-state index is 14.7. The van der Waals surface area contributed by atoms with E-state index < -0.39 is 23.7 Å².